The molecule has 0 spiro atoms. The molecule has 0 aliphatic rings. The maximum atomic E-state index is 15.2. The first-order chi connectivity index (χ1) is 58.6. The van der Waals surface area contributed by atoms with E-state index in [1.807, 2.05) is 6.92 Å². The van der Waals surface area contributed by atoms with Crippen molar-refractivity contribution in [2.45, 2.75) is 511 Å². The number of methoxy groups -OCH3 is 1. The predicted molar refractivity (Wildman–Crippen MR) is 511 cm³/mol. The highest BCUT2D eigenvalue weighted by molar-refractivity contribution is 6.09. The van der Waals surface area contributed by atoms with Gasteiger partial charge in [-0.25, -0.2) is 4.79 Å². The van der Waals surface area contributed by atoms with E-state index in [-0.39, 0.29) is 5.56 Å². The third kappa shape index (κ3) is 57.8. The molecule has 0 unspecified atom stereocenters. The Labute approximate surface area is 733 Å². The zero-order valence-electron chi connectivity index (χ0n) is 79.2. The van der Waals surface area contributed by atoms with Crippen LogP contribution in [0, 0.1) is 6.92 Å². The van der Waals surface area contributed by atoms with E-state index in [1.54, 1.807) is 36.4 Å². The Morgan fingerprint density at radius 2 is 0.378 bits per heavy atom. The van der Waals surface area contributed by atoms with Gasteiger partial charge in [0.15, 0.2) is 23.0 Å². The number of hydrogen-bond acceptors (Lipinski definition) is 10. The van der Waals surface area contributed by atoms with Crippen LogP contribution in [0.15, 0.2) is 36.4 Å². The number of rotatable bonds is 89. The number of carbonyl (C=O) groups is 3. The monoisotopic (exact) mass is 1660 g/mol. The Balaban J connectivity index is 2.04. The molecule has 3 aromatic rings. The van der Waals surface area contributed by atoms with Crippen molar-refractivity contribution in [3.63, 3.8) is 0 Å². The first kappa shape index (κ1) is 108. The van der Waals surface area contributed by atoms with Crippen LogP contribution < -0.4 is 39.1 Å². The highest BCUT2D eigenvalue weighted by Crippen LogP contribution is 2.43. The standard InChI is InChI=1S/C107H188N2O10/c1-9-15-21-27-33-39-45-51-57-63-69-75-81-114-99-89-94(90-100(115-82-76-70-64-58-52-46-40-34-28-22-16-10-2)103(99)118-85-79-73-67-61-55-49-43-37-31-25-19-13-5)105(110)108-97-87-96(107(112)113-8)88-98(93(97)7)109-106(111)95-91-101(116-83-77-71-65-59-53-47-41-35-29-23-17-11-3)104(119-86-80-74-68-62-56-50-44-38-32-26-20-14-6)102(92-95)117-84-78-72-66-60-54-48-42-36-30-24-18-12-4/h87-92H,9-86H2,1-8H3,(H,108,110)(H,109,111). The average Bonchev–Trinajstić information content (AvgIpc) is 0.801. The lowest BCUT2D eigenvalue weighted by molar-refractivity contribution is 0.0600. The molecule has 0 atom stereocenters. The number of nitrogens with one attached hydrogen (secondary N) is 2. The smallest absolute Gasteiger partial charge is 0.337 e. The number of anilines is 2. The molecule has 12 nitrogen and oxygen atoms in total. The third-order valence-corrected chi connectivity index (χ3v) is 24.4. The van der Waals surface area contributed by atoms with Crippen molar-refractivity contribution in [1.82, 2.24) is 0 Å². The first-order valence-electron chi connectivity index (χ1n) is 51.6. The van der Waals surface area contributed by atoms with Crippen LogP contribution in [0.3, 0.4) is 0 Å². The van der Waals surface area contributed by atoms with Crippen LogP contribution in [0.1, 0.15) is 540 Å². The summed E-state index contributed by atoms with van der Waals surface area (Å²) in [7, 11) is 1.34. The summed E-state index contributed by atoms with van der Waals surface area (Å²) in [5, 5.41) is 6.38. The topological polar surface area (TPSA) is 140 Å². The van der Waals surface area contributed by atoms with E-state index in [1.165, 1.54) is 367 Å². The number of carbonyl (C=O) groups excluding carboxylic acids is 3. The van der Waals surface area contributed by atoms with Crippen LogP contribution in [-0.4, -0.2) is 64.5 Å². The summed E-state index contributed by atoms with van der Waals surface area (Å²) in [5.74, 6) is 1.62. The molecule has 0 aromatic heterocycles. The molecule has 0 aliphatic heterocycles. The van der Waals surface area contributed by atoms with Crippen LogP contribution in [0.4, 0.5) is 11.4 Å². The minimum atomic E-state index is -0.607. The number of esters is 1. The molecule has 686 valence electrons. The van der Waals surface area contributed by atoms with Gasteiger partial charge in [0.05, 0.1) is 52.3 Å². The van der Waals surface area contributed by atoms with E-state index in [2.05, 4.69) is 52.2 Å². The number of amides is 2. The average molecular weight is 1660 g/mol. The molecule has 0 fully saturated rings. The third-order valence-electron chi connectivity index (χ3n) is 24.4. The molecule has 2 amide bonds. The van der Waals surface area contributed by atoms with Gasteiger partial charge in [-0.3, -0.25) is 9.59 Å². The molecule has 12 heteroatoms. The fourth-order valence-corrected chi connectivity index (χ4v) is 16.5. The number of ether oxygens (including phenoxy) is 7. The Hall–Kier alpha value is -5.13. The Kier molecular flexibility index (Phi) is 72.6. The second-order valence-electron chi connectivity index (χ2n) is 35.6. The van der Waals surface area contributed by atoms with Crippen molar-refractivity contribution >= 4 is 29.2 Å². The molecular weight excluding hydrogens is 1470 g/mol. The molecule has 119 heavy (non-hydrogen) atoms. The summed E-state index contributed by atoms with van der Waals surface area (Å²) in [6.45, 7) is 18.5. The maximum absolute atomic E-state index is 15.2. The van der Waals surface area contributed by atoms with E-state index in [0.717, 1.165) is 103 Å². The quantitative estimate of drug-likeness (QED) is 0.0415. The lowest BCUT2D eigenvalue weighted by Crippen LogP contribution is -2.18. The van der Waals surface area contributed by atoms with Gasteiger partial charge in [0.2, 0.25) is 11.5 Å². The lowest BCUT2D eigenvalue weighted by atomic mass is 10.0. The van der Waals surface area contributed by atoms with Gasteiger partial charge in [-0.1, -0.05) is 465 Å². The van der Waals surface area contributed by atoms with Crippen LogP contribution >= 0.6 is 0 Å². The molecule has 0 bridgehead atoms. The fraction of sp³-hybridized carbons (Fsp3) is 0.804. The van der Waals surface area contributed by atoms with E-state index in [4.69, 9.17) is 33.2 Å². The van der Waals surface area contributed by atoms with E-state index < -0.39 is 17.8 Å². The molecule has 3 rings (SSSR count). The summed E-state index contributed by atoms with van der Waals surface area (Å²) in [5.41, 5.74) is 2.08. The van der Waals surface area contributed by atoms with Crippen molar-refractivity contribution in [3.05, 3.63) is 58.7 Å². The molecule has 0 heterocycles. The van der Waals surface area contributed by atoms with Crippen LogP contribution in [0.25, 0.3) is 0 Å². The minimum Gasteiger partial charge on any atom is -0.490 e. The maximum Gasteiger partial charge on any atom is 0.337 e. The predicted octanol–water partition coefficient (Wildman–Crippen LogP) is 34.8. The van der Waals surface area contributed by atoms with Gasteiger partial charge in [-0.2, -0.15) is 0 Å². The Bertz CT molecular complexity index is 2560. The van der Waals surface area contributed by atoms with Crippen LogP contribution in [-0.2, 0) is 4.74 Å². The Morgan fingerprint density at radius 1 is 0.218 bits per heavy atom. The summed E-state index contributed by atoms with van der Waals surface area (Å²) < 4.78 is 46.1. The summed E-state index contributed by atoms with van der Waals surface area (Å²) in [6, 6.07) is 10.5. The van der Waals surface area contributed by atoms with Crippen molar-refractivity contribution in [2.75, 3.05) is 57.4 Å². The van der Waals surface area contributed by atoms with Gasteiger partial charge < -0.3 is 43.8 Å². The van der Waals surface area contributed by atoms with Crippen molar-refractivity contribution in [1.29, 1.82) is 0 Å². The summed E-state index contributed by atoms with van der Waals surface area (Å²) in [4.78, 5) is 44.2. The molecule has 0 saturated carbocycles. The van der Waals surface area contributed by atoms with E-state index >= 15 is 9.59 Å². The molecule has 0 aliphatic carbocycles. The molecule has 3 aromatic carbocycles. The van der Waals surface area contributed by atoms with Crippen molar-refractivity contribution in [3.8, 4) is 34.5 Å². The van der Waals surface area contributed by atoms with E-state index in [0.29, 0.717) is 102 Å². The van der Waals surface area contributed by atoms with Gasteiger partial charge in [0, 0.05) is 22.5 Å². The second-order valence-corrected chi connectivity index (χ2v) is 35.6. The van der Waals surface area contributed by atoms with Crippen LogP contribution in [0.5, 0.6) is 34.5 Å². The molecular formula is C107H188N2O10. The Morgan fingerprint density at radius 3 is 0.546 bits per heavy atom. The zero-order chi connectivity index (χ0) is 85.4. The van der Waals surface area contributed by atoms with Crippen LogP contribution in [0.2, 0.25) is 0 Å². The van der Waals surface area contributed by atoms with Gasteiger partial charge in [0.1, 0.15) is 0 Å². The van der Waals surface area contributed by atoms with Gasteiger partial charge in [-0.15, -0.1) is 0 Å². The lowest BCUT2D eigenvalue weighted by Gasteiger charge is -2.20. The van der Waals surface area contributed by atoms with E-state index in [9.17, 15) is 4.79 Å². The van der Waals surface area contributed by atoms with Crippen molar-refractivity contribution < 1.29 is 47.5 Å². The number of unbranched alkanes of at least 4 members (excludes halogenated alkanes) is 66. The zero-order valence-corrected chi connectivity index (χ0v) is 79.2. The SMILES string of the molecule is CCCCCCCCCCCCCCOc1cc(C(=O)Nc2cc(C(=O)OC)cc(NC(=O)c3cc(OCCCCCCCCCCCCCC)c(OCCCCCCCCCCCCCC)c(OCCCCCCCCCCCCCC)c3)c2C)cc(OCCCCCCCCCCCCCC)c1OCCCCCCCCCCCCCC. The van der Waals surface area contributed by atoms with Crippen molar-refractivity contribution in [2.24, 2.45) is 0 Å². The number of hydrogen-bond donors (Lipinski definition) is 2. The minimum absolute atomic E-state index is 0.169. The summed E-state index contributed by atoms with van der Waals surface area (Å²) >= 11 is 0. The van der Waals surface area contributed by atoms with Gasteiger partial charge in [-0.05, 0) is 87.4 Å². The largest absolute Gasteiger partial charge is 0.490 e. The highest BCUT2D eigenvalue weighted by Gasteiger charge is 2.25. The van der Waals surface area contributed by atoms with Gasteiger partial charge in [0.25, 0.3) is 11.8 Å². The normalized spacial score (nSPS) is 11.4. The highest BCUT2D eigenvalue weighted by atomic mass is 16.6. The van der Waals surface area contributed by atoms with Gasteiger partial charge >= 0.3 is 5.97 Å². The molecule has 0 radical (unpaired) electrons. The molecule has 2 N–H and O–H groups in total. The summed E-state index contributed by atoms with van der Waals surface area (Å²) in [6.07, 6.45) is 89.8. The second kappa shape index (κ2) is 80.0. The molecule has 0 saturated heterocycles. The number of benzene rings is 3. The first-order valence-corrected chi connectivity index (χ1v) is 51.6. The fourth-order valence-electron chi connectivity index (χ4n) is 16.5.